The molecule has 1 spiro atoms. The molecule has 43 heavy (non-hydrogen) atoms. The van der Waals surface area contributed by atoms with Crippen LogP contribution in [0.15, 0.2) is 60.7 Å². The van der Waals surface area contributed by atoms with Gasteiger partial charge in [-0.05, 0) is 24.5 Å². The molecule has 3 saturated heterocycles. The van der Waals surface area contributed by atoms with Crippen molar-refractivity contribution in [3.05, 3.63) is 71.8 Å². The Morgan fingerprint density at radius 2 is 1.40 bits per heavy atom. The Kier molecular flexibility index (Phi) is 10.8. The molecule has 0 aliphatic carbocycles. The highest BCUT2D eigenvalue weighted by Gasteiger charge is 2.57. The smallest absolute Gasteiger partial charge is 0.459 e. The molecule has 2 bridgehead atoms. The molecule has 234 valence electrons. The number of esters is 1. The van der Waals surface area contributed by atoms with E-state index in [1.807, 2.05) is 60.7 Å². The van der Waals surface area contributed by atoms with Gasteiger partial charge in [0.15, 0.2) is 0 Å². The SMILES string of the molecule is CCCCCCCCOC(=O)OC(C)OC(C(=O)OC1CC2CCC(C1)[N+]21CCCC1)(c1ccccc1)c1ccccc1. The first-order valence-corrected chi connectivity index (χ1v) is 16.7. The van der Waals surface area contributed by atoms with Crippen LogP contribution >= 0.6 is 0 Å². The lowest BCUT2D eigenvalue weighted by molar-refractivity contribution is -0.956. The van der Waals surface area contributed by atoms with Gasteiger partial charge in [-0.2, -0.15) is 0 Å². The van der Waals surface area contributed by atoms with Gasteiger partial charge in [0.25, 0.3) is 0 Å². The zero-order valence-corrected chi connectivity index (χ0v) is 26.1. The monoisotopic (exact) mass is 592 g/mol. The fourth-order valence-corrected chi connectivity index (χ4v) is 7.95. The molecule has 3 atom stereocenters. The lowest BCUT2D eigenvalue weighted by atomic mass is 9.85. The number of quaternary nitrogens is 1. The summed E-state index contributed by atoms with van der Waals surface area (Å²) in [5.41, 5.74) is -0.356. The Balaban J connectivity index is 1.31. The number of carbonyl (C=O) groups excluding carboxylic acids is 2. The zero-order valence-electron chi connectivity index (χ0n) is 26.1. The van der Waals surface area contributed by atoms with Gasteiger partial charge in [-0.1, -0.05) is 99.7 Å². The summed E-state index contributed by atoms with van der Waals surface area (Å²) < 4.78 is 25.1. The molecular formula is C36H50NO6+. The molecule has 3 heterocycles. The highest BCUT2D eigenvalue weighted by molar-refractivity contribution is 5.86. The Labute approximate surface area is 257 Å². The predicted molar refractivity (Wildman–Crippen MR) is 165 cm³/mol. The average molecular weight is 593 g/mol. The van der Waals surface area contributed by atoms with Gasteiger partial charge in [-0.25, -0.2) is 9.59 Å². The Morgan fingerprint density at radius 1 is 0.837 bits per heavy atom. The second kappa shape index (κ2) is 14.7. The number of unbranched alkanes of at least 4 members (excludes halogenated alkanes) is 5. The summed E-state index contributed by atoms with van der Waals surface area (Å²) in [6.07, 6.45) is 11.3. The minimum absolute atomic E-state index is 0.164. The van der Waals surface area contributed by atoms with E-state index in [0.717, 1.165) is 32.1 Å². The highest BCUT2D eigenvalue weighted by atomic mass is 16.8. The van der Waals surface area contributed by atoms with Gasteiger partial charge in [0.05, 0.1) is 31.8 Å². The topological polar surface area (TPSA) is 71.1 Å². The normalized spacial score (nSPS) is 23.2. The van der Waals surface area contributed by atoms with Crippen LogP contribution in [0.4, 0.5) is 4.79 Å². The number of rotatable bonds is 14. The van der Waals surface area contributed by atoms with Gasteiger partial charge in [0.2, 0.25) is 11.9 Å². The molecule has 3 aliphatic heterocycles. The van der Waals surface area contributed by atoms with Crippen LogP contribution in [0.3, 0.4) is 0 Å². The van der Waals surface area contributed by atoms with E-state index in [4.69, 9.17) is 18.9 Å². The van der Waals surface area contributed by atoms with Crippen LogP contribution in [-0.4, -0.2) is 60.8 Å². The number of hydrogen-bond donors (Lipinski definition) is 0. The molecular weight excluding hydrogens is 542 g/mol. The molecule has 3 aliphatic rings. The first-order chi connectivity index (χ1) is 21.0. The summed E-state index contributed by atoms with van der Waals surface area (Å²) >= 11 is 0. The molecule has 0 N–H and O–H groups in total. The van der Waals surface area contributed by atoms with Gasteiger partial charge in [0.1, 0.15) is 6.10 Å². The van der Waals surface area contributed by atoms with Crippen LogP contribution in [-0.2, 0) is 29.3 Å². The Bertz CT molecular complexity index is 1110. The second-order valence-corrected chi connectivity index (χ2v) is 12.7. The zero-order chi connectivity index (χ0) is 30.1. The third-order valence-corrected chi connectivity index (χ3v) is 10.0. The fourth-order valence-electron chi connectivity index (χ4n) is 7.95. The summed E-state index contributed by atoms with van der Waals surface area (Å²) in [6, 6.07) is 19.9. The average Bonchev–Trinajstić information content (AvgIpc) is 3.56. The van der Waals surface area contributed by atoms with Gasteiger partial charge < -0.3 is 23.4 Å². The highest BCUT2D eigenvalue weighted by Crippen LogP contribution is 2.47. The lowest BCUT2D eigenvalue weighted by Crippen LogP contribution is -2.60. The molecule has 7 heteroatoms. The lowest BCUT2D eigenvalue weighted by Gasteiger charge is -2.47. The van der Waals surface area contributed by atoms with Crippen molar-refractivity contribution >= 4 is 12.1 Å². The van der Waals surface area contributed by atoms with E-state index in [1.54, 1.807) is 6.92 Å². The molecule has 3 unspecified atom stereocenters. The van der Waals surface area contributed by atoms with Crippen molar-refractivity contribution in [2.75, 3.05) is 19.7 Å². The fraction of sp³-hybridized carbons (Fsp3) is 0.611. The van der Waals surface area contributed by atoms with Crippen molar-refractivity contribution in [1.82, 2.24) is 0 Å². The van der Waals surface area contributed by atoms with Crippen molar-refractivity contribution < 1.29 is 33.0 Å². The summed E-state index contributed by atoms with van der Waals surface area (Å²) in [6.45, 7) is 6.65. The van der Waals surface area contributed by atoms with E-state index >= 15 is 0 Å². The standard InChI is InChI=1S/C36H50NO6/c1-3-4-5-6-7-16-25-40-35(39)41-28(2)43-36(29-17-10-8-11-18-29,30-19-12-9-13-20-30)34(38)42-33-26-31-21-22-32(27-33)37(31)23-14-15-24-37/h8-13,17-20,28,31-33H,3-7,14-16,21-27H2,1-2H3/q+1. The second-order valence-electron chi connectivity index (χ2n) is 12.7. The van der Waals surface area contributed by atoms with Crippen molar-refractivity contribution in [3.8, 4) is 0 Å². The molecule has 5 rings (SSSR count). The van der Waals surface area contributed by atoms with Crippen LogP contribution in [0.1, 0.15) is 102 Å². The van der Waals surface area contributed by atoms with Crippen LogP contribution < -0.4 is 0 Å². The van der Waals surface area contributed by atoms with Gasteiger partial charge in [-0.3, -0.25) is 0 Å². The summed E-state index contributed by atoms with van der Waals surface area (Å²) in [4.78, 5) is 27.1. The minimum Gasteiger partial charge on any atom is -0.459 e. The number of hydrogen-bond acceptors (Lipinski definition) is 6. The molecule has 7 nitrogen and oxygen atoms in total. The number of carbonyl (C=O) groups is 2. The van der Waals surface area contributed by atoms with E-state index < -0.39 is 24.0 Å². The quantitative estimate of drug-likeness (QED) is 0.0971. The number of piperidine rings is 1. The molecule has 0 aromatic heterocycles. The van der Waals surface area contributed by atoms with Gasteiger partial charge in [0, 0.05) is 38.5 Å². The predicted octanol–water partition coefficient (Wildman–Crippen LogP) is 7.65. The third kappa shape index (κ3) is 7.09. The maximum Gasteiger partial charge on any atom is 0.510 e. The van der Waals surface area contributed by atoms with Gasteiger partial charge >= 0.3 is 12.1 Å². The molecule has 0 radical (unpaired) electrons. The number of nitrogens with zero attached hydrogens (tertiary/aromatic N) is 1. The summed E-state index contributed by atoms with van der Waals surface area (Å²) in [5, 5.41) is 0. The Hall–Kier alpha value is -2.90. The van der Waals surface area contributed by atoms with Crippen molar-refractivity contribution in [2.24, 2.45) is 0 Å². The molecule has 2 aromatic rings. The maximum atomic E-state index is 14.5. The number of benzene rings is 2. The van der Waals surface area contributed by atoms with Crippen molar-refractivity contribution in [2.45, 2.75) is 121 Å². The summed E-state index contributed by atoms with van der Waals surface area (Å²) in [7, 11) is 0. The van der Waals surface area contributed by atoms with E-state index in [9.17, 15) is 9.59 Å². The van der Waals surface area contributed by atoms with E-state index in [1.165, 1.54) is 62.5 Å². The summed E-state index contributed by atoms with van der Waals surface area (Å²) in [5.74, 6) is -0.472. The van der Waals surface area contributed by atoms with E-state index in [0.29, 0.717) is 29.8 Å². The molecule has 0 saturated carbocycles. The van der Waals surface area contributed by atoms with E-state index in [2.05, 4.69) is 6.92 Å². The minimum atomic E-state index is -1.61. The van der Waals surface area contributed by atoms with Crippen molar-refractivity contribution in [3.63, 3.8) is 0 Å². The first kappa shape index (κ1) is 31.5. The number of ether oxygens (including phenoxy) is 4. The Morgan fingerprint density at radius 3 is 1.98 bits per heavy atom. The molecule has 0 amide bonds. The van der Waals surface area contributed by atoms with Crippen LogP contribution in [0.25, 0.3) is 0 Å². The first-order valence-electron chi connectivity index (χ1n) is 16.7. The maximum absolute atomic E-state index is 14.5. The van der Waals surface area contributed by atoms with Crippen LogP contribution in [0, 0.1) is 0 Å². The molecule has 3 fully saturated rings. The van der Waals surface area contributed by atoms with Crippen LogP contribution in [0.5, 0.6) is 0 Å². The van der Waals surface area contributed by atoms with Gasteiger partial charge in [-0.15, -0.1) is 0 Å². The van der Waals surface area contributed by atoms with E-state index in [-0.39, 0.29) is 6.10 Å². The van der Waals surface area contributed by atoms with Crippen molar-refractivity contribution in [1.29, 1.82) is 0 Å². The largest absolute Gasteiger partial charge is 0.510 e. The molecule has 2 aromatic carbocycles. The van der Waals surface area contributed by atoms with Crippen LogP contribution in [0.2, 0.25) is 0 Å². The third-order valence-electron chi connectivity index (χ3n) is 10.0.